The summed E-state index contributed by atoms with van der Waals surface area (Å²) in [5, 5.41) is 3.76. The van der Waals surface area contributed by atoms with E-state index in [2.05, 4.69) is 5.32 Å². The van der Waals surface area contributed by atoms with Crippen molar-refractivity contribution in [1.82, 2.24) is 5.32 Å². The fourth-order valence-electron chi connectivity index (χ4n) is 3.86. The highest BCUT2D eigenvalue weighted by atomic mass is 35.5. The molecular formula is C22H20ClNO3S. The van der Waals surface area contributed by atoms with E-state index in [1.165, 1.54) is 17.6 Å². The number of ketones is 1. The van der Waals surface area contributed by atoms with Crippen LogP contribution in [0, 0.1) is 0 Å². The van der Waals surface area contributed by atoms with Gasteiger partial charge in [0.25, 0.3) is 0 Å². The van der Waals surface area contributed by atoms with Crippen molar-refractivity contribution in [3.63, 3.8) is 0 Å². The van der Waals surface area contributed by atoms with Crippen LogP contribution in [0.4, 0.5) is 0 Å². The summed E-state index contributed by atoms with van der Waals surface area (Å²) in [5.41, 5.74) is 0.529. The van der Waals surface area contributed by atoms with Crippen LogP contribution in [0.3, 0.4) is 0 Å². The highest BCUT2D eigenvalue weighted by Gasteiger charge is 2.42. The van der Waals surface area contributed by atoms with E-state index in [1.807, 2.05) is 30.3 Å². The van der Waals surface area contributed by atoms with Gasteiger partial charge in [-0.25, -0.2) is 0 Å². The number of hydrogen-bond acceptors (Lipinski definition) is 4. The van der Waals surface area contributed by atoms with Crippen molar-refractivity contribution in [3.8, 4) is 0 Å². The first kappa shape index (κ1) is 19.0. The molecule has 3 aromatic rings. The van der Waals surface area contributed by atoms with Crippen LogP contribution in [-0.4, -0.2) is 11.7 Å². The normalized spacial score (nSPS) is 15.5. The van der Waals surface area contributed by atoms with Gasteiger partial charge in [0.15, 0.2) is 5.76 Å². The number of furan rings is 1. The lowest BCUT2D eigenvalue weighted by molar-refractivity contribution is -0.126. The third-order valence-electron chi connectivity index (χ3n) is 5.34. The number of hydrogen-bond donors (Lipinski definition) is 1. The molecule has 2 heterocycles. The predicted octanol–water partition coefficient (Wildman–Crippen LogP) is 5.35. The highest BCUT2D eigenvalue weighted by molar-refractivity contribution is 7.14. The zero-order valence-corrected chi connectivity index (χ0v) is 16.8. The lowest BCUT2D eigenvalue weighted by Gasteiger charge is -2.28. The van der Waals surface area contributed by atoms with E-state index < -0.39 is 5.41 Å². The number of carbonyl (C=O) groups is 2. The van der Waals surface area contributed by atoms with Crippen molar-refractivity contribution < 1.29 is 14.0 Å². The predicted molar refractivity (Wildman–Crippen MR) is 110 cm³/mol. The van der Waals surface area contributed by atoms with E-state index in [-0.39, 0.29) is 11.7 Å². The van der Waals surface area contributed by atoms with E-state index in [0.717, 1.165) is 36.1 Å². The third kappa shape index (κ3) is 3.64. The molecule has 6 heteroatoms. The maximum absolute atomic E-state index is 13.1. The van der Waals surface area contributed by atoms with Gasteiger partial charge in [0, 0.05) is 9.90 Å². The summed E-state index contributed by atoms with van der Waals surface area (Å²) in [5.74, 6) is 0.228. The average Bonchev–Trinajstić information content (AvgIpc) is 3.48. The van der Waals surface area contributed by atoms with Gasteiger partial charge in [-0.2, -0.15) is 0 Å². The zero-order valence-electron chi connectivity index (χ0n) is 15.2. The monoisotopic (exact) mass is 413 g/mol. The Labute approximate surface area is 172 Å². The highest BCUT2D eigenvalue weighted by Crippen LogP contribution is 2.41. The number of nitrogens with one attached hydrogen (secondary N) is 1. The van der Waals surface area contributed by atoms with Crippen molar-refractivity contribution in [2.45, 2.75) is 37.6 Å². The van der Waals surface area contributed by atoms with Gasteiger partial charge in [-0.3, -0.25) is 9.59 Å². The van der Waals surface area contributed by atoms with Crippen molar-refractivity contribution in [2.24, 2.45) is 0 Å². The molecule has 28 heavy (non-hydrogen) atoms. The van der Waals surface area contributed by atoms with Gasteiger partial charge >= 0.3 is 0 Å². The Balaban J connectivity index is 1.46. The summed E-state index contributed by atoms with van der Waals surface area (Å²) in [7, 11) is 0. The molecule has 1 aliphatic rings. The molecule has 1 aliphatic carbocycles. The molecule has 0 radical (unpaired) electrons. The second-order valence-electron chi connectivity index (χ2n) is 7.05. The molecule has 1 aromatic carbocycles. The lowest BCUT2D eigenvalue weighted by Crippen LogP contribution is -2.42. The Morgan fingerprint density at radius 2 is 1.82 bits per heavy atom. The molecule has 0 unspecified atom stereocenters. The molecule has 0 atom stereocenters. The molecule has 0 aliphatic heterocycles. The van der Waals surface area contributed by atoms with Gasteiger partial charge in [0.05, 0.1) is 23.1 Å². The molecule has 1 amide bonds. The van der Waals surface area contributed by atoms with Crippen LogP contribution < -0.4 is 5.32 Å². The second-order valence-corrected chi connectivity index (χ2v) is 8.66. The third-order valence-corrected chi connectivity index (χ3v) is 6.68. The number of amides is 1. The van der Waals surface area contributed by atoms with Crippen LogP contribution in [0.1, 0.15) is 51.6 Å². The maximum atomic E-state index is 13.1. The summed E-state index contributed by atoms with van der Waals surface area (Å²) in [4.78, 5) is 27.0. The molecule has 2 aromatic heterocycles. The number of benzene rings is 1. The van der Waals surface area contributed by atoms with Gasteiger partial charge in [-0.15, -0.1) is 11.3 Å². The molecule has 0 spiro atoms. The topological polar surface area (TPSA) is 59.3 Å². The van der Waals surface area contributed by atoms with Crippen LogP contribution in [0.2, 0.25) is 5.02 Å². The Bertz CT molecular complexity index is 970. The summed E-state index contributed by atoms with van der Waals surface area (Å²) in [6, 6.07) is 14.6. The van der Waals surface area contributed by atoms with Crippen molar-refractivity contribution in [3.05, 3.63) is 80.9 Å². The van der Waals surface area contributed by atoms with Gasteiger partial charge in [0.2, 0.25) is 11.7 Å². The minimum atomic E-state index is -0.491. The van der Waals surface area contributed by atoms with Gasteiger partial charge in [-0.05, 0) is 54.8 Å². The van der Waals surface area contributed by atoms with Crippen LogP contribution in [0.25, 0.3) is 0 Å². The fraction of sp³-hybridized carbons (Fsp3) is 0.273. The SMILES string of the molecule is O=C(c1ccco1)c1ccc(CNC(=O)C2(c3ccc(Cl)cc3)CCCC2)s1. The Morgan fingerprint density at radius 1 is 1.07 bits per heavy atom. The molecule has 4 nitrogen and oxygen atoms in total. The first-order chi connectivity index (χ1) is 13.6. The summed E-state index contributed by atoms with van der Waals surface area (Å²) < 4.78 is 5.17. The van der Waals surface area contributed by atoms with Gasteiger partial charge in [0.1, 0.15) is 0 Å². The lowest BCUT2D eigenvalue weighted by atomic mass is 9.78. The van der Waals surface area contributed by atoms with Crippen LogP contribution in [-0.2, 0) is 16.8 Å². The number of rotatable bonds is 6. The Kier molecular flexibility index (Phi) is 5.38. The molecular weight excluding hydrogens is 394 g/mol. The largest absolute Gasteiger partial charge is 0.461 e. The first-order valence-electron chi connectivity index (χ1n) is 9.30. The second kappa shape index (κ2) is 7.94. The van der Waals surface area contributed by atoms with Gasteiger partial charge < -0.3 is 9.73 Å². The van der Waals surface area contributed by atoms with E-state index in [9.17, 15) is 9.59 Å². The molecule has 0 saturated heterocycles. The molecule has 0 bridgehead atoms. The van der Waals surface area contributed by atoms with Gasteiger partial charge in [-0.1, -0.05) is 36.6 Å². The van der Waals surface area contributed by atoms with Crippen molar-refractivity contribution >= 4 is 34.6 Å². The molecule has 1 fully saturated rings. The van der Waals surface area contributed by atoms with E-state index in [4.69, 9.17) is 16.0 Å². The van der Waals surface area contributed by atoms with Crippen LogP contribution in [0.5, 0.6) is 0 Å². The fourth-order valence-corrected chi connectivity index (χ4v) is 4.87. The van der Waals surface area contributed by atoms with E-state index >= 15 is 0 Å². The molecule has 4 rings (SSSR count). The maximum Gasteiger partial charge on any atom is 0.238 e. The van der Waals surface area contributed by atoms with E-state index in [1.54, 1.807) is 18.2 Å². The zero-order chi connectivity index (χ0) is 19.6. The quantitative estimate of drug-likeness (QED) is 0.554. The van der Waals surface area contributed by atoms with Crippen LogP contribution >= 0.6 is 22.9 Å². The summed E-state index contributed by atoms with van der Waals surface area (Å²) in [6.45, 7) is 0.407. The first-order valence-corrected chi connectivity index (χ1v) is 10.5. The number of thiophene rings is 1. The minimum absolute atomic E-state index is 0.0413. The molecule has 1 saturated carbocycles. The average molecular weight is 414 g/mol. The number of carbonyl (C=O) groups excluding carboxylic acids is 2. The summed E-state index contributed by atoms with van der Waals surface area (Å²) >= 11 is 7.39. The van der Waals surface area contributed by atoms with Crippen molar-refractivity contribution in [1.29, 1.82) is 0 Å². The smallest absolute Gasteiger partial charge is 0.238 e. The van der Waals surface area contributed by atoms with Crippen LogP contribution in [0.15, 0.2) is 59.2 Å². The minimum Gasteiger partial charge on any atom is -0.461 e. The van der Waals surface area contributed by atoms with Crippen molar-refractivity contribution in [2.75, 3.05) is 0 Å². The molecule has 144 valence electrons. The van der Waals surface area contributed by atoms with E-state index in [0.29, 0.717) is 22.2 Å². The number of halogens is 1. The Morgan fingerprint density at radius 3 is 2.50 bits per heavy atom. The standard InChI is InChI=1S/C22H20ClNO3S/c23-16-7-5-15(6-8-16)22(11-1-2-12-22)21(26)24-14-17-9-10-19(28-17)20(25)18-4-3-13-27-18/h3-10,13H,1-2,11-12,14H2,(H,24,26). The molecule has 1 N–H and O–H groups in total. The summed E-state index contributed by atoms with van der Waals surface area (Å²) in [6.07, 6.45) is 5.24. The Hall–Kier alpha value is -2.37.